The molecule has 0 radical (unpaired) electrons. The van der Waals surface area contributed by atoms with Gasteiger partial charge in [-0.05, 0) is 42.4 Å². The van der Waals surface area contributed by atoms with Crippen molar-refractivity contribution < 1.29 is 9.18 Å². The molecule has 33 heavy (non-hydrogen) atoms. The number of hydrogen-bond acceptors (Lipinski definition) is 5. The van der Waals surface area contributed by atoms with E-state index < -0.39 is 11.7 Å². The van der Waals surface area contributed by atoms with Crippen molar-refractivity contribution in [3.63, 3.8) is 0 Å². The summed E-state index contributed by atoms with van der Waals surface area (Å²) in [4.78, 5) is 30.6. The fourth-order valence-corrected chi connectivity index (χ4v) is 4.88. The van der Waals surface area contributed by atoms with E-state index in [0.717, 1.165) is 36.5 Å². The third-order valence-electron chi connectivity index (χ3n) is 5.65. The molecular weight excluding hydrogens is 439 g/mol. The van der Waals surface area contributed by atoms with Crippen LogP contribution in [0, 0.1) is 17.1 Å². The Bertz CT molecular complexity index is 1360. The summed E-state index contributed by atoms with van der Waals surface area (Å²) in [5.41, 5.74) is 0.784. The fourth-order valence-electron chi connectivity index (χ4n) is 3.79. The Balaban J connectivity index is 1.91. The second kappa shape index (κ2) is 9.94. The summed E-state index contributed by atoms with van der Waals surface area (Å²) in [5, 5.41) is 9.96. The number of aromatic nitrogens is 1. The Morgan fingerprint density at radius 1 is 1.09 bits per heavy atom. The number of nitrogens with zero attached hydrogens (tertiary/aromatic N) is 4. The highest BCUT2D eigenvalue weighted by Crippen LogP contribution is 2.10. The number of thiazole rings is 1. The second-order valence-corrected chi connectivity index (χ2v) is 8.69. The van der Waals surface area contributed by atoms with Gasteiger partial charge in [-0.3, -0.25) is 14.2 Å². The maximum Gasteiger partial charge on any atom is 0.273 e. The lowest BCUT2D eigenvalue weighted by molar-refractivity contribution is -0.126. The van der Waals surface area contributed by atoms with Crippen molar-refractivity contribution in [1.82, 2.24) is 14.4 Å². The fraction of sp³-hybridized carbons (Fsp3) is 0.240. The highest BCUT2D eigenvalue weighted by atomic mass is 32.1. The molecule has 1 aliphatic heterocycles. The van der Waals surface area contributed by atoms with Gasteiger partial charge < -0.3 is 9.80 Å². The Hall–Kier alpha value is -3.54. The molecule has 0 saturated carbocycles. The first-order valence-electron chi connectivity index (χ1n) is 10.7. The van der Waals surface area contributed by atoms with E-state index in [1.807, 2.05) is 36.4 Å². The molecule has 1 fully saturated rings. The van der Waals surface area contributed by atoms with Gasteiger partial charge in [-0.25, -0.2) is 4.39 Å². The van der Waals surface area contributed by atoms with Crippen LogP contribution >= 0.6 is 11.3 Å². The standard InChI is InChI=1S/C25H23FN4O2S/c1-2-28-12-14-29(15-13-28)23(31)21(17-27)25-30(20-10-8-19(26)9-11-20)24(32)22(33-25)16-18-6-4-3-5-7-18/h3-11,16H,2,12-15H2,1H3/b22-16-,25-21-. The van der Waals surface area contributed by atoms with Crippen molar-refractivity contribution in [2.24, 2.45) is 0 Å². The van der Waals surface area contributed by atoms with E-state index in [0.29, 0.717) is 23.3 Å². The molecule has 0 N–H and O–H groups in total. The summed E-state index contributed by atoms with van der Waals surface area (Å²) < 4.78 is 15.5. The third kappa shape index (κ3) is 4.80. The Labute approximate surface area is 194 Å². The molecule has 1 amide bonds. The first-order chi connectivity index (χ1) is 16.0. The monoisotopic (exact) mass is 462 g/mol. The number of benzene rings is 2. The minimum atomic E-state index is -0.436. The van der Waals surface area contributed by atoms with Crippen LogP contribution in [0.4, 0.5) is 4.39 Å². The van der Waals surface area contributed by atoms with Gasteiger partial charge in [0, 0.05) is 26.2 Å². The first kappa shape index (κ1) is 22.6. The van der Waals surface area contributed by atoms with Gasteiger partial charge in [0.1, 0.15) is 16.5 Å². The summed E-state index contributed by atoms with van der Waals surface area (Å²) in [6.45, 7) is 5.50. The molecule has 1 aliphatic rings. The molecular formula is C25H23FN4O2S. The molecule has 168 valence electrons. The smallest absolute Gasteiger partial charge is 0.273 e. The van der Waals surface area contributed by atoms with Crippen molar-refractivity contribution in [2.45, 2.75) is 6.92 Å². The van der Waals surface area contributed by atoms with Crippen molar-refractivity contribution in [1.29, 1.82) is 5.26 Å². The van der Waals surface area contributed by atoms with Crippen LogP contribution in [0.25, 0.3) is 17.3 Å². The third-order valence-corrected chi connectivity index (χ3v) is 6.74. The number of carbonyl (C=O) groups excluding carboxylic acids is 1. The van der Waals surface area contributed by atoms with Crippen molar-refractivity contribution in [3.05, 3.63) is 85.5 Å². The number of carbonyl (C=O) groups is 1. The summed E-state index contributed by atoms with van der Waals surface area (Å²) in [6.07, 6.45) is 1.73. The lowest BCUT2D eigenvalue weighted by Gasteiger charge is -2.33. The number of amides is 1. The van der Waals surface area contributed by atoms with Crippen LogP contribution in [-0.2, 0) is 4.79 Å². The number of hydrogen-bond donors (Lipinski definition) is 0. The van der Waals surface area contributed by atoms with E-state index in [9.17, 15) is 19.2 Å². The van der Waals surface area contributed by atoms with E-state index in [1.165, 1.54) is 28.8 Å². The van der Waals surface area contributed by atoms with Gasteiger partial charge in [-0.1, -0.05) is 37.3 Å². The molecule has 2 aromatic carbocycles. The maximum atomic E-state index is 13.5. The van der Waals surface area contributed by atoms with Crippen LogP contribution < -0.4 is 14.8 Å². The lowest BCUT2D eigenvalue weighted by Crippen LogP contribution is -2.49. The van der Waals surface area contributed by atoms with Gasteiger partial charge >= 0.3 is 0 Å². The van der Waals surface area contributed by atoms with E-state index in [1.54, 1.807) is 11.0 Å². The summed E-state index contributed by atoms with van der Waals surface area (Å²) in [5.74, 6) is -0.828. The highest BCUT2D eigenvalue weighted by Gasteiger charge is 2.25. The molecule has 0 bridgehead atoms. The van der Waals surface area contributed by atoms with Gasteiger partial charge in [0.05, 0.1) is 10.2 Å². The highest BCUT2D eigenvalue weighted by molar-refractivity contribution is 7.07. The Morgan fingerprint density at radius 2 is 1.76 bits per heavy atom. The topological polar surface area (TPSA) is 69.3 Å². The van der Waals surface area contributed by atoms with Crippen LogP contribution in [0.5, 0.6) is 0 Å². The predicted octanol–water partition coefficient (Wildman–Crippen LogP) is 1.71. The number of rotatable bonds is 4. The zero-order valence-corrected chi connectivity index (χ0v) is 19.0. The summed E-state index contributed by atoms with van der Waals surface area (Å²) in [7, 11) is 0. The van der Waals surface area contributed by atoms with E-state index in [4.69, 9.17) is 0 Å². The largest absolute Gasteiger partial charge is 0.335 e. The number of halogens is 1. The number of piperazine rings is 1. The molecule has 4 rings (SSSR count). The molecule has 3 aromatic rings. The summed E-state index contributed by atoms with van der Waals surface area (Å²) in [6, 6.07) is 16.8. The zero-order valence-electron chi connectivity index (χ0n) is 18.2. The minimum absolute atomic E-state index is 0.0842. The summed E-state index contributed by atoms with van der Waals surface area (Å²) >= 11 is 1.09. The number of likely N-dealkylation sites (N-methyl/N-ethyl adjacent to an activating group) is 1. The minimum Gasteiger partial charge on any atom is -0.335 e. The molecule has 6 nitrogen and oxygen atoms in total. The molecule has 0 aliphatic carbocycles. The SMILES string of the molecule is CCN1CCN(C(=O)/C(C#N)=c2\s/c(=C\c3ccccc3)c(=O)n2-c2ccc(F)cc2)CC1. The normalized spacial score (nSPS) is 15.9. The van der Waals surface area contributed by atoms with Gasteiger partial charge in [-0.15, -0.1) is 11.3 Å². The van der Waals surface area contributed by atoms with Gasteiger partial charge in [0.15, 0.2) is 5.57 Å². The van der Waals surface area contributed by atoms with Crippen LogP contribution in [0.2, 0.25) is 0 Å². The predicted molar refractivity (Wildman–Crippen MR) is 127 cm³/mol. The zero-order chi connectivity index (χ0) is 23.4. The van der Waals surface area contributed by atoms with Gasteiger partial charge in [0.25, 0.3) is 11.5 Å². The first-order valence-corrected chi connectivity index (χ1v) is 11.5. The average Bonchev–Trinajstić information content (AvgIpc) is 3.16. The maximum absolute atomic E-state index is 13.5. The van der Waals surface area contributed by atoms with Crippen molar-refractivity contribution in [3.8, 4) is 11.8 Å². The Kier molecular flexibility index (Phi) is 6.82. The van der Waals surface area contributed by atoms with Crippen molar-refractivity contribution >= 4 is 28.9 Å². The van der Waals surface area contributed by atoms with Crippen LogP contribution in [0.3, 0.4) is 0 Å². The Morgan fingerprint density at radius 3 is 2.36 bits per heavy atom. The van der Waals surface area contributed by atoms with Crippen LogP contribution in [0.15, 0.2) is 59.4 Å². The molecule has 0 spiro atoms. The second-order valence-electron chi connectivity index (χ2n) is 7.66. The van der Waals surface area contributed by atoms with Gasteiger partial charge in [0.2, 0.25) is 0 Å². The molecule has 2 heterocycles. The van der Waals surface area contributed by atoms with Crippen LogP contribution in [-0.4, -0.2) is 53.0 Å². The van der Waals surface area contributed by atoms with E-state index in [2.05, 4.69) is 11.8 Å². The molecule has 0 unspecified atom stereocenters. The average molecular weight is 463 g/mol. The van der Waals surface area contributed by atoms with E-state index >= 15 is 0 Å². The van der Waals surface area contributed by atoms with Crippen molar-refractivity contribution in [2.75, 3.05) is 32.7 Å². The quantitative estimate of drug-likeness (QED) is 0.592. The van der Waals surface area contributed by atoms with Crippen LogP contribution in [0.1, 0.15) is 12.5 Å². The molecule has 8 heteroatoms. The van der Waals surface area contributed by atoms with Gasteiger partial charge in [-0.2, -0.15) is 5.26 Å². The molecule has 1 saturated heterocycles. The number of nitriles is 1. The molecule has 0 atom stereocenters. The lowest BCUT2D eigenvalue weighted by atomic mass is 10.2. The molecule has 1 aromatic heterocycles. The van der Waals surface area contributed by atoms with E-state index in [-0.39, 0.29) is 15.8 Å².